The van der Waals surface area contributed by atoms with E-state index in [0.717, 1.165) is 35.2 Å². The Morgan fingerprint density at radius 1 is 1.00 bits per heavy atom. The fourth-order valence-electron chi connectivity index (χ4n) is 5.48. The van der Waals surface area contributed by atoms with Crippen LogP contribution in [0.5, 0.6) is 5.75 Å². The van der Waals surface area contributed by atoms with Crippen molar-refractivity contribution in [3.05, 3.63) is 103 Å². The molecule has 1 aromatic heterocycles. The maximum absolute atomic E-state index is 14.0. The van der Waals surface area contributed by atoms with Gasteiger partial charge in [0.25, 0.3) is 0 Å². The van der Waals surface area contributed by atoms with Gasteiger partial charge in [-0.2, -0.15) is 13.2 Å². The Morgan fingerprint density at radius 3 is 2.41 bits per heavy atom. The van der Waals surface area contributed by atoms with Gasteiger partial charge in [-0.3, -0.25) is 23.7 Å². The normalized spacial score (nSPS) is 19.5. The first-order valence-corrected chi connectivity index (χ1v) is 15.6. The van der Waals surface area contributed by atoms with Crippen LogP contribution in [0.25, 0.3) is 0 Å². The summed E-state index contributed by atoms with van der Waals surface area (Å²) in [4.78, 5) is 54.8. The van der Waals surface area contributed by atoms with Gasteiger partial charge in [0.1, 0.15) is 17.5 Å². The molecule has 1 saturated heterocycles. The zero-order valence-electron chi connectivity index (χ0n) is 22.6. The van der Waals surface area contributed by atoms with E-state index < -0.39 is 57.1 Å². The number of nitrogens with zero attached hydrogens (tertiary/aromatic N) is 2. The van der Waals surface area contributed by atoms with Crippen molar-refractivity contribution in [2.24, 2.45) is 5.92 Å². The molecule has 3 heterocycles. The number of carbonyl (C=O) groups excluding carboxylic acids is 3. The minimum atomic E-state index is -4.81. The highest BCUT2D eigenvalue weighted by Gasteiger charge is 2.57. The van der Waals surface area contributed by atoms with E-state index in [1.54, 1.807) is 48.5 Å². The SMILES string of the molecule is COc1ccc(NC(=O)Cn2c3c(sc2=O)C(c2cccc(Br)c2)C2C(=O)N(c4ccccc4C(F)(F)F)C(=O)C2S3)cc1. The van der Waals surface area contributed by atoms with E-state index in [0.29, 0.717) is 36.3 Å². The highest BCUT2D eigenvalue weighted by Crippen LogP contribution is 2.54. The molecule has 0 bridgehead atoms. The lowest BCUT2D eigenvalue weighted by molar-refractivity contribution is -0.137. The van der Waals surface area contributed by atoms with Crippen LogP contribution in [0.15, 0.2) is 87.1 Å². The Labute approximate surface area is 265 Å². The number of methoxy groups -OCH3 is 1. The number of para-hydroxylation sites is 1. The van der Waals surface area contributed by atoms with Crippen molar-refractivity contribution < 1.29 is 32.3 Å². The molecule has 4 aromatic rings. The molecular weight excluding hydrogens is 683 g/mol. The van der Waals surface area contributed by atoms with Crippen molar-refractivity contribution in [3.63, 3.8) is 0 Å². The molecule has 2 aliphatic rings. The van der Waals surface area contributed by atoms with Crippen LogP contribution in [-0.4, -0.2) is 34.6 Å². The van der Waals surface area contributed by atoms with Crippen molar-refractivity contribution in [2.75, 3.05) is 17.3 Å². The maximum Gasteiger partial charge on any atom is 0.418 e. The molecule has 3 unspecified atom stereocenters. The number of hydrogen-bond acceptors (Lipinski definition) is 7. The summed E-state index contributed by atoms with van der Waals surface area (Å²) in [5.41, 5.74) is -0.578. The van der Waals surface area contributed by atoms with Crippen LogP contribution in [0.4, 0.5) is 24.5 Å². The third-order valence-electron chi connectivity index (χ3n) is 7.38. The minimum Gasteiger partial charge on any atom is -0.497 e. The van der Waals surface area contributed by atoms with Gasteiger partial charge in [-0.15, -0.1) is 0 Å². The summed E-state index contributed by atoms with van der Waals surface area (Å²) in [6, 6.07) is 18.0. The number of nitrogens with one attached hydrogen (secondary N) is 1. The number of alkyl halides is 3. The Bertz CT molecular complexity index is 1860. The van der Waals surface area contributed by atoms with E-state index in [1.165, 1.54) is 23.8 Å². The summed E-state index contributed by atoms with van der Waals surface area (Å²) in [7, 11) is 1.51. The van der Waals surface area contributed by atoms with E-state index in [2.05, 4.69) is 21.2 Å². The Hall–Kier alpha value is -3.88. The molecule has 14 heteroatoms. The average molecular weight is 705 g/mol. The minimum absolute atomic E-state index is 0.322. The topological polar surface area (TPSA) is 97.7 Å². The first-order chi connectivity index (χ1) is 21.0. The van der Waals surface area contributed by atoms with E-state index in [9.17, 15) is 32.3 Å². The summed E-state index contributed by atoms with van der Waals surface area (Å²) in [5.74, 6) is -3.43. The van der Waals surface area contributed by atoms with E-state index in [-0.39, 0.29) is 6.54 Å². The molecule has 3 aromatic carbocycles. The summed E-state index contributed by atoms with van der Waals surface area (Å²) in [5, 5.41) is 1.91. The molecule has 3 amide bonds. The molecule has 0 radical (unpaired) electrons. The van der Waals surface area contributed by atoms with Crippen LogP contribution in [-0.2, 0) is 27.1 Å². The van der Waals surface area contributed by atoms with Crippen molar-refractivity contribution in [2.45, 2.75) is 28.9 Å². The zero-order valence-corrected chi connectivity index (χ0v) is 25.9. The molecule has 2 aliphatic heterocycles. The van der Waals surface area contributed by atoms with Gasteiger partial charge in [0.2, 0.25) is 17.7 Å². The molecule has 8 nitrogen and oxygen atoms in total. The summed E-state index contributed by atoms with van der Waals surface area (Å²) in [6.45, 7) is -0.380. The van der Waals surface area contributed by atoms with Gasteiger partial charge in [-0.05, 0) is 54.1 Å². The molecule has 44 heavy (non-hydrogen) atoms. The lowest BCUT2D eigenvalue weighted by Gasteiger charge is -2.30. The fraction of sp³-hybridized carbons (Fsp3) is 0.200. The number of thioether (sulfide) groups is 1. The maximum atomic E-state index is 14.0. The Balaban J connectivity index is 1.41. The predicted octanol–water partition coefficient (Wildman–Crippen LogP) is 6.13. The lowest BCUT2D eigenvalue weighted by atomic mass is 9.83. The third kappa shape index (κ3) is 5.35. The number of rotatable bonds is 6. The van der Waals surface area contributed by atoms with E-state index >= 15 is 0 Å². The smallest absolute Gasteiger partial charge is 0.418 e. The lowest BCUT2D eigenvalue weighted by Crippen LogP contribution is -2.33. The largest absolute Gasteiger partial charge is 0.497 e. The van der Waals surface area contributed by atoms with Crippen molar-refractivity contribution in [1.82, 2.24) is 4.57 Å². The number of imide groups is 1. The standard InChI is InChI=1S/C30H21BrF3N3O5S2/c1-42-18-11-9-17(10-12-18)35-21(38)14-36-28-25(44-29(36)41)22(15-5-4-6-16(31)13-15)23-24(43-28)27(40)37(26(23)39)20-8-3-2-7-19(20)30(32,33)34/h2-13,22-24H,14H2,1H3,(H,35,38). The van der Waals surface area contributed by atoms with Gasteiger partial charge in [-0.25, -0.2) is 4.90 Å². The monoisotopic (exact) mass is 703 g/mol. The Kier molecular flexibility index (Phi) is 7.92. The first kappa shape index (κ1) is 30.2. The molecule has 6 rings (SSSR count). The van der Waals surface area contributed by atoms with Gasteiger partial charge in [0.05, 0.1) is 29.3 Å². The van der Waals surface area contributed by atoms with Gasteiger partial charge in [-0.1, -0.05) is 63.3 Å². The first-order valence-electron chi connectivity index (χ1n) is 13.1. The summed E-state index contributed by atoms with van der Waals surface area (Å²) < 4.78 is 48.9. The average Bonchev–Trinajstić information content (AvgIpc) is 3.43. The number of thiazole rings is 1. The van der Waals surface area contributed by atoms with Gasteiger partial charge in [0.15, 0.2) is 0 Å². The van der Waals surface area contributed by atoms with Crippen LogP contribution in [0, 0.1) is 5.92 Å². The zero-order chi connectivity index (χ0) is 31.3. The molecule has 0 aliphatic carbocycles. The number of halogens is 4. The number of carbonyl (C=O) groups is 3. The van der Waals surface area contributed by atoms with Crippen molar-refractivity contribution in [1.29, 1.82) is 0 Å². The highest BCUT2D eigenvalue weighted by atomic mass is 79.9. The van der Waals surface area contributed by atoms with E-state index in [4.69, 9.17) is 4.74 Å². The fourth-order valence-corrected chi connectivity index (χ4v) is 8.67. The molecule has 0 saturated carbocycles. The van der Waals surface area contributed by atoms with Crippen LogP contribution in [0.2, 0.25) is 0 Å². The number of fused-ring (bicyclic) bond motifs is 2. The highest BCUT2D eigenvalue weighted by molar-refractivity contribution is 9.10. The second-order valence-corrected chi connectivity index (χ2v) is 13.1. The molecule has 3 atom stereocenters. The number of aromatic nitrogens is 1. The molecule has 1 fully saturated rings. The third-order valence-corrected chi connectivity index (χ3v) is 10.5. The van der Waals surface area contributed by atoms with Gasteiger partial charge >= 0.3 is 11.0 Å². The molecule has 0 spiro atoms. The second-order valence-electron chi connectivity index (χ2n) is 10.0. The number of hydrogen-bond donors (Lipinski definition) is 1. The Morgan fingerprint density at radius 2 is 1.73 bits per heavy atom. The quantitative estimate of drug-likeness (QED) is 0.243. The number of anilines is 2. The molecule has 1 N–H and O–H groups in total. The van der Waals surface area contributed by atoms with Gasteiger partial charge < -0.3 is 10.1 Å². The number of amides is 3. The van der Waals surface area contributed by atoms with Gasteiger partial charge in [0, 0.05) is 21.0 Å². The van der Waals surface area contributed by atoms with Crippen molar-refractivity contribution >= 4 is 68.1 Å². The van der Waals surface area contributed by atoms with Crippen molar-refractivity contribution in [3.8, 4) is 5.75 Å². The van der Waals surface area contributed by atoms with Crippen LogP contribution in [0.1, 0.15) is 21.9 Å². The molecular formula is C30H21BrF3N3O5S2. The second kappa shape index (κ2) is 11.6. The van der Waals surface area contributed by atoms with Crippen LogP contribution < -0.4 is 19.8 Å². The molecule has 226 valence electrons. The van der Waals surface area contributed by atoms with Crippen LogP contribution in [0.3, 0.4) is 0 Å². The summed E-state index contributed by atoms with van der Waals surface area (Å²) in [6.07, 6.45) is -4.81. The number of benzene rings is 3. The van der Waals surface area contributed by atoms with Crippen LogP contribution >= 0.6 is 39.0 Å². The predicted molar refractivity (Wildman–Crippen MR) is 163 cm³/mol. The van der Waals surface area contributed by atoms with E-state index in [1.807, 2.05) is 0 Å². The number of ether oxygens (including phenoxy) is 1. The summed E-state index contributed by atoms with van der Waals surface area (Å²) >= 11 is 5.20.